The first kappa shape index (κ1) is 23.0. The quantitative estimate of drug-likeness (QED) is 0.277. The first-order valence-corrected chi connectivity index (χ1v) is 8.91. The molecule has 2 unspecified atom stereocenters. The van der Waals surface area contributed by atoms with Crippen molar-refractivity contribution in [1.82, 2.24) is 20.2 Å². The molecule has 2 atom stereocenters. The molecule has 0 aromatic carbocycles. The summed E-state index contributed by atoms with van der Waals surface area (Å²) in [6.45, 7) is 3.63. The molecule has 2 rings (SSSR count). The predicted octanol–water partition coefficient (Wildman–Crippen LogP) is 3.88. The number of hydrogen-bond acceptors (Lipinski definition) is 2. The number of unbranched alkanes of at least 4 members (excludes halogenated alkanes) is 1. The molecular weight excluding hydrogens is 458 g/mol. The molecule has 1 aliphatic rings. The van der Waals surface area contributed by atoms with E-state index in [1.54, 1.807) is 13.2 Å². The number of hydrogen-bond donors (Lipinski definition) is 2. The zero-order chi connectivity index (χ0) is 18.3. The van der Waals surface area contributed by atoms with Gasteiger partial charge in [-0.1, -0.05) is 6.42 Å². The van der Waals surface area contributed by atoms with Crippen LogP contribution < -0.4 is 10.6 Å². The first-order chi connectivity index (χ1) is 11.9. The highest BCUT2D eigenvalue weighted by atomic mass is 127. The van der Waals surface area contributed by atoms with Crippen LogP contribution >= 0.6 is 24.0 Å². The van der Waals surface area contributed by atoms with Gasteiger partial charge in [-0.15, -0.1) is 24.0 Å². The van der Waals surface area contributed by atoms with Gasteiger partial charge in [-0.05, 0) is 39.0 Å². The molecular formula is C17H29F3IN5. The van der Waals surface area contributed by atoms with Gasteiger partial charge >= 0.3 is 6.18 Å². The monoisotopic (exact) mass is 487 g/mol. The summed E-state index contributed by atoms with van der Waals surface area (Å²) in [4.78, 5) is 8.31. The van der Waals surface area contributed by atoms with Gasteiger partial charge in [0.2, 0.25) is 0 Å². The Morgan fingerprint density at radius 2 is 2.12 bits per heavy atom. The summed E-state index contributed by atoms with van der Waals surface area (Å²) >= 11 is 0. The number of halogens is 4. The molecule has 0 aliphatic heterocycles. The van der Waals surface area contributed by atoms with Crippen LogP contribution in [-0.4, -0.2) is 41.3 Å². The van der Waals surface area contributed by atoms with E-state index in [0.717, 1.165) is 38.2 Å². The lowest BCUT2D eigenvalue weighted by atomic mass is 9.85. The summed E-state index contributed by atoms with van der Waals surface area (Å²) in [5.41, 5.74) is 0. The third-order valence-corrected chi connectivity index (χ3v) is 4.74. The van der Waals surface area contributed by atoms with Crippen LogP contribution in [0, 0.1) is 12.8 Å². The molecule has 1 aromatic heterocycles. The van der Waals surface area contributed by atoms with E-state index in [0.29, 0.717) is 12.4 Å². The maximum absolute atomic E-state index is 12.9. The normalized spacial score (nSPS) is 21.2. The smallest absolute Gasteiger partial charge is 0.356 e. The van der Waals surface area contributed by atoms with E-state index in [1.807, 2.05) is 13.1 Å². The van der Waals surface area contributed by atoms with Crippen LogP contribution in [0.5, 0.6) is 0 Å². The number of rotatable bonds is 6. The third-order valence-electron chi connectivity index (χ3n) is 4.74. The van der Waals surface area contributed by atoms with Gasteiger partial charge < -0.3 is 15.2 Å². The molecule has 0 amide bonds. The summed E-state index contributed by atoms with van der Waals surface area (Å²) in [5.74, 6) is 0.392. The van der Waals surface area contributed by atoms with E-state index in [9.17, 15) is 13.2 Å². The molecule has 9 heteroatoms. The molecule has 0 spiro atoms. The molecule has 1 aliphatic carbocycles. The molecule has 1 fully saturated rings. The zero-order valence-electron chi connectivity index (χ0n) is 15.4. The van der Waals surface area contributed by atoms with Gasteiger partial charge in [0.1, 0.15) is 5.82 Å². The molecule has 0 bridgehead atoms. The van der Waals surface area contributed by atoms with Crippen LogP contribution in [0.4, 0.5) is 13.2 Å². The van der Waals surface area contributed by atoms with Crippen molar-refractivity contribution in [3.8, 4) is 0 Å². The Morgan fingerprint density at radius 3 is 2.73 bits per heavy atom. The summed E-state index contributed by atoms with van der Waals surface area (Å²) in [7, 11) is 1.65. The highest BCUT2D eigenvalue weighted by Gasteiger charge is 2.42. The van der Waals surface area contributed by atoms with Crippen LogP contribution in [0.15, 0.2) is 17.4 Å². The van der Waals surface area contributed by atoms with E-state index in [1.165, 1.54) is 0 Å². The van der Waals surface area contributed by atoms with Crippen molar-refractivity contribution >= 4 is 29.9 Å². The lowest BCUT2D eigenvalue weighted by Crippen LogP contribution is -2.47. The first-order valence-electron chi connectivity index (χ1n) is 8.91. The van der Waals surface area contributed by atoms with Gasteiger partial charge in [0, 0.05) is 38.6 Å². The molecule has 1 saturated carbocycles. The third kappa shape index (κ3) is 7.32. The Hall–Kier alpha value is -1.00. The van der Waals surface area contributed by atoms with Crippen LogP contribution in [-0.2, 0) is 6.54 Å². The lowest BCUT2D eigenvalue weighted by molar-refractivity contribution is -0.183. The fourth-order valence-corrected chi connectivity index (χ4v) is 3.26. The van der Waals surface area contributed by atoms with Crippen molar-refractivity contribution in [3.63, 3.8) is 0 Å². The Bertz CT molecular complexity index is 559. The van der Waals surface area contributed by atoms with Crippen LogP contribution in [0.1, 0.15) is 44.3 Å². The minimum absolute atomic E-state index is 0. The van der Waals surface area contributed by atoms with E-state index < -0.39 is 12.1 Å². The van der Waals surface area contributed by atoms with E-state index in [4.69, 9.17) is 0 Å². The average molecular weight is 487 g/mol. The minimum Gasteiger partial charge on any atom is -0.356 e. The molecule has 150 valence electrons. The van der Waals surface area contributed by atoms with Crippen molar-refractivity contribution in [2.45, 2.75) is 64.2 Å². The largest absolute Gasteiger partial charge is 0.391 e. The van der Waals surface area contributed by atoms with E-state index in [-0.39, 0.29) is 42.9 Å². The van der Waals surface area contributed by atoms with Gasteiger partial charge in [0.15, 0.2) is 5.96 Å². The van der Waals surface area contributed by atoms with Crippen LogP contribution in [0.2, 0.25) is 0 Å². The second-order valence-electron chi connectivity index (χ2n) is 6.62. The number of aliphatic imine (C=N–C) groups is 1. The van der Waals surface area contributed by atoms with Crippen LogP contribution in [0.3, 0.4) is 0 Å². The number of guanidine groups is 1. The summed E-state index contributed by atoms with van der Waals surface area (Å²) < 4.78 is 40.8. The Labute approximate surface area is 170 Å². The Morgan fingerprint density at radius 1 is 1.35 bits per heavy atom. The SMILES string of the molecule is CN=C(NCCCCn1ccnc1C)NC1CCCC(C(F)(F)F)C1.I. The maximum Gasteiger partial charge on any atom is 0.391 e. The topological polar surface area (TPSA) is 54.2 Å². The maximum atomic E-state index is 12.9. The zero-order valence-corrected chi connectivity index (χ0v) is 17.7. The number of aromatic nitrogens is 2. The number of nitrogens with one attached hydrogen (secondary N) is 2. The summed E-state index contributed by atoms with van der Waals surface area (Å²) in [6.07, 6.45) is 3.33. The fourth-order valence-electron chi connectivity index (χ4n) is 3.26. The molecule has 0 radical (unpaired) electrons. The van der Waals surface area contributed by atoms with Crippen LogP contribution in [0.25, 0.3) is 0 Å². The second kappa shape index (κ2) is 11.0. The molecule has 0 saturated heterocycles. The van der Waals surface area contributed by atoms with Crippen molar-refractivity contribution < 1.29 is 13.2 Å². The fraction of sp³-hybridized carbons (Fsp3) is 0.765. The Kier molecular flexibility index (Phi) is 9.73. The average Bonchev–Trinajstić information content (AvgIpc) is 2.98. The highest BCUT2D eigenvalue weighted by molar-refractivity contribution is 14.0. The predicted molar refractivity (Wildman–Crippen MR) is 108 cm³/mol. The number of aryl methyl sites for hydroxylation is 2. The summed E-state index contributed by atoms with van der Waals surface area (Å²) in [6, 6.07) is -0.167. The van der Waals surface area contributed by atoms with Gasteiger partial charge in [0.05, 0.1) is 5.92 Å². The summed E-state index contributed by atoms with van der Waals surface area (Å²) in [5, 5.41) is 6.34. The number of nitrogens with zero attached hydrogens (tertiary/aromatic N) is 3. The highest BCUT2D eigenvalue weighted by Crippen LogP contribution is 2.37. The van der Waals surface area contributed by atoms with Gasteiger partial charge in [-0.3, -0.25) is 4.99 Å². The van der Waals surface area contributed by atoms with Crippen molar-refractivity contribution in [2.24, 2.45) is 10.9 Å². The van der Waals surface area contributed by atoms with Crippen molar-refractivity contribution in [3.05, 3.63) is 18.2 Å². The molecule has 2 N–H and O–H groups in total. The molecule has 1 aromatic rings. The lowest BCUT2D eigenvalue weighted by Gasteiger charge is -2.31. The van der Waals surface area contributed by atoms with Gasteiger partial charge in [-0.25, -0.2) is 4.98 Å². The number of alkyl halides is 3. The van der Waals surface area contributed by atoms with Crippen molar-refractivity contribution in [1.29, 1.82) is 0 Å². The molecule has 26 heavy (non-hydrogen) atoms. The van der Waals surface area contributed by atoms with E-state index >= 15 is 0 Å². The number of imidazole rings is 1. The standard InChI is InChI=1S/C17H28F3N5.HI/c1-13-22-9-11-25(13)10-4-3-8-23-16(21-2)24-15-7-5-6-14(12-15)17(18,19)20;/h9,11,14-15H,3-8,10,12H2,1-2H3,(H2,21,23,24);1H. The van der Waals surface area contributed by atoms with Gasteiger partial charge in [0.25, 0.3) is 0 Å². The second-order valence-corrected chi connectivity index (χ2v) is 6.62. The van der Waals surface area contributed by atoms with Gasteiger partial charge in [-0.2, -0.15) is 13.2 Å². The minimum atomic E-state index is -4.09. The van der Waals surface area contributed by atoms with E-state index in [2.05, 4.69) is 25.2 Å². The Balaban J connectivity index is 0.00000338. The van der Waals surface area contributed by atoms with Crippen molar-refractivity contribution in [2.75, 3.05) is 13.6 Å². The molecule has 5 nitrogen and oxygen atoms in total. The molecule has 1 heterocycles.